The molecule has 0 aliphatic carbocycles. The maximum absolute atomic E-state index is 12.1. The first-order valence-corrected chi connectivity index (χ1v) is 7.01. The van der Waals surface area contributed by atoms with Crippen LogP contribution in [-0.2, 0) is 4.79 Å². The van der Waals surface area contributed by atoms with E-state index in [1.54, 1.807) is 12.3 Å². The number of anilines is 1. The van der Waals surface area contributed by atoms with Crippen LogP contribution in [0.1, 0.15) is 12.8 Å². The molecule has 0 saturated heterocycles. The van der Waals surface area contributed by atoms with E-state index in [2.05, 4.69) is 4.98 Å². The first kappa shape index (κ1) is 15.8. The lowest BCUT2D eigenvalue weighted by atomic mass is 10.3. The third-order valence-electron chi connectivity index (χ3n) is 2.50. The van der Waals surface area contributed by atoms with Crippen molar-refractivity contribution in [1.29, 1.82) is 10.5 Å². The second-order valence-corrected chi connectivity index (χ2v) is 4.92. The highest BCUT2D eigenvalue weighted by Crippen LogP contribution is 2.23. The SMILES string of the molecule is N#CCCN(CCC#N)C(=O)CSc1ccncc1N. The van der Waals surface area contributed by atoms with Gasteiger partial charge in [-0.2, -0.15) is 10.5 Å². The quantitative estimate of drug-likeness (QED) is 0.760. The topological polar surface area (TPSA) is 107 Å². The molecule has 6 nitrogen and oxygen atoms in total. The molecule has 1 rings (SSSR count). The molecule has 0 fully saturated rings. The molecule has 1 heterocycles. The van der Waals surface area contributed by atoms with Gasteiger partial charge in [-0.25, -0.2) is 0 Å². The summed E-state index contributed by atoms with van der Waals surface area (Å²) in [5.41, 5.74) is 6.28. The van der Waals surface area contributed by atoms with Gasteiger partial charge in [-0.3, -0.25) is 9.78 Å². The standard InChI is InChI=1S/C13H15N5OS/c14-4-1-7-18(8-2-5-15)13(19)10-20-12-3-6-17-9-11(12)16/h3,6,9H,1-2,7-8,10,16H2. The Morgan fingerprint density at radius 1 is 1.35 bits per heavy atom. The monoisotopic (exact) mass is 289 g/mol. The fourth-order valence-electron chi connectivity index (χ4n) is 1.49. The van der Waals surface area contributed by atoms with Crippen LogP contribution in [0, 0.1) is 22.7 Å². The fourth-order valence-corrected chi connectivity index (χ4v) is 2.33. The van der Waals surface area contributed by atoms with Crippen LogP contribution in [-0.4, -0.2) is 34.6 Å². The van der Waals surface area contributed by atoms with E-state index in [-0.39, 0.29) is 24.5 Å². The Balaban J connectivity index is 2.55. The van der Waals surface area contributed by atoms with E-state index < -0.39 is 0 Å². The van der Waals surface area contributed by atoms with E-state index in [0.717, 1.165) is 4.90 Å². The Bertz CT molecular complexity index is 516. The molecule has 7 heteroatoms. The fraction of sp³-hybridized carbons (Fsp3) is 0.385. The molecule has 104 valence electrons. The number of pyridine rings is 1. The Kier molecular flexibility index (Phi) is 6.94. The maximum Gasteiger partial charge on any atom is 0.232 e. The smallest absolute Gasteiger partial charge is 0.232 e. The summed E-state index contributed by atoms with van der Waals surface area (Å²) < 4.78 is 0. The van der Waals surface area contributed by atoms with Gasteiger partial charge in [-0.15, -0.1) is 11.8 Å². The number of carbonyl (C=O) groups is 1. The van der Waals surface area contributed by atoms with Crippen LogP contribution in [0.25, 0.3) is 0 Å². The van der Waals surface area contributed by atoms with Crippen molar-refractivity contribution in [3.8, 4) is 12.1 Å². The van der Waals surface area contributed by atoms with Crippen LogP contribution in [0.4, 0.5) is 5.69 Å². The Morgan fingerprint density at radius 3 is 2.55 bits per heavy atom. The molecule has 0 bridgehead atoms. The summed E-state index contributed by atoms with van der Waals surface area (Å²) in [6.45, 7) is 0.701. The van der Waals surface area contributed by atoms with Crippen molar-refractivity contribution in [1.82, 2.24) is 9.88 Å². The van der Waals surface area contributed by atoms with Gasteiger partial charge in [0.25, 0.3) is 0 Å². The number of nitrogen functional groups attached to an aromatic ring is 1. The normalized spacial score (nSPS) is 9.50. The highest BCUT2D eigenvalue weighted by atomic mass is 32.2. The minimum absolute atomic E-state index is 0.100. The molecule has 1 aromatic heterocycles. The number of hydrogen-bond acceptors (Lipinski definition) is 6. The summed E-state index contributed by atoms with van der Waals surface area (Å²) in [6.07, 6.45) is 3.68. The highest BCUT2D eigenvalue weighted by molar-refractivity contribution is 8.00. The molecule has 0 aromatic carbocycles. The Hall–Kier alpha value is -2.25. The predicted molar refractivity (Wildman–Crippen MR) is 76.4 cm³/mol. The van der Waals surface area contributed by atoms with Gasteiger partial charge in [0.2, 0.25) is 5.91 Å². The van der Waals surface area contributed by atoms with Crippen LogP contribution in [0.5, 0.6) is 0 Å². The van der Waals surface area contributed by atoms with Gasteiger partial charge in [-0.1, -0.05) is 0 Å². The van der Waals surface area contributed by atoms with Crippen LogP contribution >= 0.6 is 11.8 Å². The van der Waals surface area contributed by atoms with Crippen molar-refractivity contribution in [2.45, 2.75) is 17.7 Å². The predicted octanol–water partition coefficient (Wildman–Crippen LogP) is 1.41. The van der Waals surface area contributed by atoms with E-state index >= 15 is 0 Å². The van der Waals surface area contributed by atoms with E-state index in [1.165, 1.54) is 22.9 Å². The van der Waals surface area contributed by atoms with Crippen LogP contribution in [0.15, 0.2) is 23.4 Å². The first-order chi connectivity index (χ1) is 9.69. The molecular weight excluding hydrogens is 274 g/mol. The minimum atomic E-state index is -0.100. The van der Waals surface area contributed by atoms with Gasteiger partial charge in [0.1, 0.15) is 0 Å². The molecular formula is C13H15N5OS. The van der Waals surface area contributed by atoms with E-state index in [9.17, 15) is 4.79 Å². The number of hydrogen-bond donors (Lipinski definition) is 1. The molecule has 0 aliphatic rings. The molecule has 20 heavy (non-hydrogen) atoms. The van der Waals surface area contributed by atoms with Gasteiger partial charge in [0.15, 0.2) is 0 Å². The number of carbonyl (C=O) groups excluding carboxylic acids is 1. The molecule has 0 saturated carbocycles. The van der Waals surface area contributed by atoms with E-state index in [4.69, 9.17) is 16.3 Å². The van der Waals surface area contributed by atoms with E-state index in [0.29, 0.717) is 18.8 Å². The summed E-state index contributed by atoms with van der Waals surface area (Å²) >= 11 is 1.33. The third-order valence-corrected chi connectivity index (χ3v) is 3.58. The first-order valence-electron chi connectivity index (χ1n) is 6.03. The maximum atomic E-state index is 12.1. The molecule has 0 spiro atoms. The van der Waals surface area contributed by atoms with Crippen LogP contribution < -0.4 is 5.73 Å². The molecule has 0 atom stereocenters. The number of nitriles is 2. The number of thioether (sulfide) groups is 1. The molecule has 0 aliphatic heterocycles. The van der Waals surface area contributed by atoms with Crippen molar-refractivity contribution in [3.63, 3.8) is 0 Å². The van der Waals surface area contributed by atoms with E-state index in [1.807, 2.05) is 12.1 Å². The zero-order valence-electron chi connectivity index (χ0n) is 11.0. The average molecular weight is 289 g/mol. The number of aromatic nitrogens is 1. The third kappa shape index (κ3) is 5.17. The molecule has 1 amide bonds. The second kappa shape index (κ2) is 8.78. The zero-order valence-corrected chi connectivity index (χ0v) is 11.8. The molecule has 0 unspecified atom stereocenters. The van der Waals surface area contributed by atoms with Gasteiger partial charge < -0.3 is 10.6 Å². The summed E-state index contributed by atoms with van der Waals surface area (Å²) in [5, 5.41) is 17.2. The van der Waals surface area contributed by atoms with Crippen molar-refractivity contribution in [2.24, 2.45) is 0 Å². The van der Waals surface area contributed by atoms with Crippen molar-refractivity contribution >= 4 is 23.4 Å². The molecule has 2 N–H and O–H groups in total. The number of rotatable bonds is 7. The average Bonchev–Trinajstić information content (AvgIpc) is 2.46. The van der Waals surface area contributed by atoms with Gasteiger partial charge in [0.05, 0.1) is 42.6 Å². The van der Waals surface area contributed by atoms with Crippen LogP contribution in [0.2, 0.25) is 0 Å². The molecule has 0 radical (unpaired) electrons. The Labute approximate surface area is 122 Å². The molecule has 1 aromatic rings. The number of amides is 1. The Morgan fingerprint density at radius 2 is 2.00 bits per heavy atom. The summed E-state index contributed by atoms with van der Waals surface area (Å²) in [5.74, 6) is 0.127. The number of nitrogens with two attached hydrogens (primary N) is 1. The lowest BCUT2D eigenvalue weighted by Gasteiger charge is -2.20. The second-order valence-electron chi connectivity index (χ2n) is 3.90. The zero-order chi connectivity index (χ0) is 14.8. The largest absolute Gasteiger partial charge is 0.397 e. The minimum Gasteiger partial charge on any atom is -0.397 e. The van der Waals surface area contributed by atoms with Gasteiger partial charge in [-0.05, 0) is 6.07 Å². The van der Waals surface area contributed by atoms with Crippen molar-refractivity contribution in [3.05, 3.63) is 18.5 Å². The van der Waals surface area contributed by atoms with Gasteiger partial charge in [0, 0.05) is 24.2 Å². The van der Waals surface area contributed by atoms with Crippen LogP contribution in [0.3, 0.4) is 0 Å². The summed E-state index contributed by atoms with van der Waals surface area (Å²) in [7, 11) is 0. The number of nitrogens with zero attached hydrogens (tertiary/aromatic N) is 4. The lowest BCUT2D eigenvalue weighted by Crippen LogP contribution is -2.34. The summed E-state index contributed by atoms with van der Waals surface area (Å²) in [4.78, 5) is 18.3. The van der Waals surface area contributed by atoms with Crippen molar-refractivity contribution in [2.75, 3.05) is 24.6 Å². The lowest BCUT2D eigenvalue weighted by molar-refractivity contribution is -0.128. The van der Waals surface area contributed by atoms with Crippen molar-refractivity contribution < 1.29 is 4.79 Å². The van der Waals surface area contributed by atoms with Gasteiger partial charge >= 0.3 is 0 Å². The highest BCUT2D eigenvalue weighted by Gasteiger charge is 2.13. The summed E-state index contributed by atoms with van der Waals surface area (Å²) in [6, 6.07) is 5.75.